The summed E-state index contributed by atoms with van der Waals surface area (Å²) in [5, 5.41) is 17.0. The summed E-state index contributed by atoms with van der Waals surface area (Å²) in [4.78, 5) is 60.8. The van der Waals surface area contributed by atoms with Gasteiger partial charge in [0.05, 0.1) is 0 Å². The Morgan fingerprint density at radius 1 is 0.556 bits per heavy atom. The molecule has 0 bridgehead atoms. The molecule has 224 valence electrons. The fraction of sp³-hybridized carbons (Fsp3) is 0.0588. The topological polar surface area (TPSA) is 142 Å². The van der Waals surface area contributed by atoms with Gasteiger partial charge in [-0.05, 0) is 35.4 Å². The van der Waals surface area contributed by atoms with Crippen LogP contribution in [-0.2, 0) is 9.68 Å². The van der Waals surface area contributed by atoms with E-state index in [0.29, 0.717) is 11.1 Å². The second kappa shape index (κ2) is 14.3. The zero-order valence-electron chi connectivity index (χ0n) is 23.7. The number of aromatic nitrogens is 2. The highest BCUT2D eigenvalue weighted by Crippen LogP contribution is 2.22. The lowest BCUT2D eigenvalue weighted by molar-refractivity contribution is 0.104. The molecule has 0 spiro atoms. The molecule has 3 aromatic carbocycles. The third-order valence-corrected chi connectivity index (χ3v) is 6.58. The molecule has 45 heavy (non-hydrogen) atoms. The number of carbonyl (C=O) groups is 4. The summed E-state index contributed by atoms with van der Waals surface area (Å²) in [6, 6.07) is 28.7. The van der Waals surface area contributed by atoms with Gasteiger partial charge in [-0.2, -0.15) is 0 Å². The number of benzene rings is 3. The van der Waals surface area contributed by atoms with Crippen LogP contribution in [0, 0.1) is 0 Å². The van der Waals surface area contributed by atoms with E-state index >= 15 is 0 Å². The number of hydrogen-bond donors (Lipinski definition) is 1. The molecule has 0 unspecified atom stereocenters. The molecule has 0 atom stereocenters. The van der Waals surface area contributed by atoms with E-state index in [1.807, 2.05) is 0 Å². The third-order valence-electron chi connectivity index (χ3n) is 6.58. The van der Waals surface area contributed by atoms with Crippen molar-refractivity contribution >= 4 is 35.2 Å². The van der Waals surface area contributed by atoms with Crippen molar-refractivity contribution in [2.75, 3.05) is 6.61 Å². The molecule has 0 aliphatic heterocycles. The molecular weight excluding hydrogens is 576 g/mol. The van der Waals surface area contributed by atoms with E-state index in [9.17, 15) is 24.3 Å². The maximum absolute atomic E-state index is 13.5. The maximum atomic E-state index is 13.5. The second-order valence-electron chi connectivity index (χ2n) is 9.53. The molecule has 5 rings (SSSR count). The summed E-state index contributed by atoms with van der Waals surface area (Å²) in [7, 11) is 0. The molecule has 0 amide bonds. The van der Waals surface area contributed by atoms with Crippen molar-refractivity contribution in [2.24, 2.45) is 10.3 Å². The summed E-state index contributed by atoms with van der Waals surface area (Å²) in [5.74, 6) is -0.941. The van der Waals surface area contributed by atoms with Gasteiger partial charge in [0.15, 0.2) is 5.71 Å². The highest BCUT2D eigenvalue weighted by Gasteiger charge is 2.20. The minimum atomic E-state index is -0.791. The van der Waals surface area contributed by atoms with Crippen LogP contribution in [0.4, 0.5) is 9.59 Å². The fourth-order valence-corrected chi connectivity index (χ4v) is 4.24. The molecule has 0 radical (unpaired) electrons. The number of aliphatic hydroxyl groups is 1. The highest BCUT2D eigenvalue weighted by atomic mass is 16.7. The monoisotopic (exact) mass is 602 g/mol. The number of hydrogen-bond acceptors (Lipinski definition) is 9. The number of oxime groups is 2. The van der Waals surface area contributed by atoms with Gasteiger partial charge in [0.1, 0.15) is 5.71 Å². The molecular formula is C34H26N4O7. The average Bonchev–Trinajstić information content (AvgIpc) is 3.83. The zero-order chi connectivity index (χ0) is 31.6. The average molecular weight is 603 g/mol. The fourth-order valence-electron chi connectivity index (χ4n) is 4.24. The van der Waals surface area contributed by atoms with E-state index in [0.717, 1.165) is 15.7 Å². The lowest BCUT2D eigenvalue weighted by Gasteiger charge is -2.08. The molecule has 0 aliphatic carbocycles. The van der Waals surface area contributed by atoms with E-state index in [-0.39, 0.29) is 30.0 Å². The van der Waals surface area contributed by atoms with Crippen LogP contribution in [0.15, 0.2) is 138 Å². The minimum Gasteiger partial charge on any atom is -0.396 e. The summed E-state index contributed by atoms with van der Waals surface area (Å²) >= 11 is 0. The van der Waals surface area contributed by atoms with Gasteiger partial charge >= 0.3 is 12.2 Å². The van der Waals surface area contributed by atoms with E-state index in [4.69, 9.17) is 9.68 Å². The Labute approximate surface area is 257 Å². The Balaban J connectivity index is 1.30. The van der Waals surface area contributed by atoms with Crippen LogP contribution in [0.25, 0.3) is 11.1 Å². The molecule has 0 saturated heterocycles. The molecule has 5 aromatic rings. The number of ketones is 2. The van der Waals surface area contributed by atoms with Crippen molar-refractivity contribution in [3.63, 3.8) is 0 Å². The molecule has 0 aliphatic rings. The zero-order valence-corrected chi connectivity index (χ0v) is 23.7. The lowest BCUT2D eigenvalue weighted by Crippen LogP contribution is -2.18. The second-order valence-corrected chi connectivity index (χ2v) is 9.53. The van der Waals surface area contributed by atoms with Crippen molar-refractivity contribution < 1.29 is 34.0 Å². The van der Waals surface area contributed by atoms with Crippen molar-refractivity contribution in [3.05, 3.63) is 145 Å². The van der Waals surface area contributed by atoms with Gasteiger partial charge in [-0.1, -0.05) is 89.2 Å². The quantitative estimate of drug-likeness (QED) is 0.0917. The summed E-state index contributed by atoms with van der Waals surface area (Å²) in [5.41, 5.74) is 2.48. The normalized spacial score (nSPS) is 11.6. The van der Waals surface area contributed by atoms with Gasteiger partial charge in [-0.15, -0.1) is 0 Å². The summed E-state index contributed by atoms with van der Waals surface area (Å²) in [6.45, 7) is -0.360. The molecule has 0 saturated carbocycles. The molecule has 0 fully saturated rings. The lowest BCUT2D eigenvalue weighted by atomic mass is 9.97. The first-order valence-electron chi connectivity index (χ1n) is 13.7. The highest BCUT2D eigenvalue weighted by molar-refractivity contribution is 6.51. The van der Waals surface area contributed by atoms with Crippen molar-refractivity contribution in [3.8, 4) is 11.1 Å². The van der Waals surface area contributed by atoms with Gasteiger partial charge in [-0.25, -0.2) is 9.59 Å². The SMILES string of the molecule is O=C(/C(CCO)=N\OC(=O)n1cccc1)c1ccc(-c2ccc(C(=O)/C(=N\OC(=O)n3cccc3)c3ccccc3)cc2)cc1. The Kier molecular flexibility index (Phi) is 9.63. The molecule has 11 heteroatoms. The molecule has 2 aromatic heterocycles. The van der Waals surface area contributed by atoms with Crippen LogP contribution < -0.4 is 0 Å². The van der Waals surface area contributed by atoms with Crippen molar-refractivity contribution in [1.82, 2.24) is 9.13 Å². The number of carbonyl (C=O) groups excluding carboxylic acids is 4. The van der Waals surface area contributed by atoms with Crippen LogP contribution >= 0.6 is 0 Å². The third kappa shape index (κ3) is 7.42. The minimum absolute atomic E-state index is 0.0360. The first kappa shape index (κ1) is 30.3. The first-order chi connectivity index (χ1) is 21.9. The van der Waals surface area contributed by atoms with Gasteiger partial charge in [0.25, 0.3) is 0 Å². The van der Waals surface area contributed by atoms with Crippen LogP contribution in [0.3, 0.4) is 0 Å². The molecule has 1 N–H and O–H groups in total. The molecule has 2 heterocycles. The Bertz CT molecular complexity index is 1840. The number of nitrogens with zero attached hydrogens (tertiary/aromatic N) is 4. The van der Waals surface area contributed by atoms with Gasteiger partial charge in [0.2, 0.25) is 11.6 Å². The molecule has 11 nitrogen and oxygen atoms in total. The van der Waals surface area contributed by atoms with Crippen LogP contribution in [0.2, 0.25) is 0 Å². The maximum Gasteiger partial charge on any atom is 0.444 e. The predicted molar refractivity (Wildman–Crippen MR) is 165 cm³/mol. The van der Waals surface area contributed by atoms with Crippen molar-refractivity contribution in [1.29, 1.82) is 0 Å². The van der Waals surface area contributed by atoms with E-state index < -0.39 is 23.8 Å². The Morgan fingerprint density at radius 3 is 1.51 bits per heavy atom. The van der Waals surface area contributed by atoms with Crippen molar-refractivity contribution in [2.45, 2.75) is 6.42 Å². The van der Waals surface area contributed by atoms with Gasteiger partial charge < -0.3 is 5.11 Å². The van der Waals surface area contributed by atoms with Crippen LogP contribution in [0.1, 0.15) is 32.7 Å². The van der Waals surface area contributed by atoms with Gasteiger partial charge in [-0.3, -0.25) is 28.4 Å². The summed E-state index contributed by atoms with van der Waals surface area (Å²) in [6.07, 6.45) is 4.32. The number of rotatable bonds is 10. The summed E-state index contributed by atoms with van der Waals surface area (Å²) < 4.78 is 2.36. The first-order valence-corrected chi connectivity index (χ1v) is 13.7. The van der Waals surface area contributed by atoms with E-state index in [1.54, 1.807) is 103 Å². The van der Waals surface area contributed by atoms with Crippen LogP contribution in [-0.4, -0.2) is 56.0 Å². The van der Waals surface area contributed by atoms with Gasteiger partial charge in [0, 0.05) is 54.5 Å². The smallest absolute Gasteiger partial charge is 0.396 e. The Morgan fingerprint density at radius 2 is 1.02 bits per heavy atom. The largest absolute Gasteiger partial charge is 0.444 e. The Hall–Kier alpha value is -6.20. The predicted octanol–water partition coefficient (Wildman–Crippen LogP) is 5.83. The van der Waals surface area contributed by atoms with E-state index in [1.165, 1.54) is 29.4 Å². The standard InChI is InChI=1S/C34H26N4O7/c39-23-18-29(35-44-33(42)37-19-4-5-20-37)31(40)27-14-10-24(11-15-27)25-12-16-28(17-13-25)32(41)30(26-8-2-1-3-9-26)36-45-34(43)38-21-6-7-22-38/h1-17,19-22,39H,18,23H2/b35-29-,36-30-. The van der Waals surface area contributed by atoms with E-state index in [2.05, 4.69) is 10.3 Å². The number of aliphatic hydroxyl groups excluding tert-OH is 1. The number of Topliss-reactive ketones (excluding diaryl/α,β-unsaturated/α-hetero) is 2. The van der Waals surface area contributed by atoms with Crippen LogP contribution in [0.5, 0.6) is 0 Å².